The van der Waals surface area contributed by atoms with Crippen molar-refractivity contribution in [3.05, 3.63) is 59.7 Å². The highest BCUT2D eigenvalue weighted by Gasteiger charge is 2.34. The number of amides is 1. The lowest BCUT2D eigenvalue weighted by Crippen LogP contribution is -2.31. The van der Waals surface area contributed by atoms with Gasteiger partial charge in [0.1, 0.15) is 11.5 Å². The summed E-state index contributed by atoms with van der Waals surface area (Å²) in [6.07, 6.45) is 4.92. The van der Waals surface area contributed by atoms with Crippen molar-refractivity contribution in [1.82, 2.24) is 19.9 Å². The van der Waals surface area contributed by atoms with E-state index in [1.165, 1.54) is 0 Å². The quantitative estimate of drug-likeness (QED) is 0.649. The molecule has 1 atom stereocenters. The molecule has 0 unspecified atom stereocenters. The van der Waals surface area contributed by atoms with Crippen LogP contribution in [-0.2, 0) is 0 Å². The van der Waals surface area contributed by atoms with Crippen molar-refractivity contribution in [1.29, 1.82) is 0 Å². The lowest BCUT2D eigenvalue weighted by Gasteiger charge is -2.23. The molecule has 1 saturated heterocycles. The van der Waals surface area contributed by atoms with E-state index in [0.717, 1.165) is 18.6 Å². The highest BCUT2D eigenvalue weighted by Crippen LogP contribution is 2.33. The van der Waals surface area contributed by atoms with Crippen molar-refractivity contribution < 1.29 is 18.7 Å². The normalized spacial score (nSPS) is 16.1. The molecule has 0 aliphatic carbocycles. The van der Waals surface area contributed by atoms with Crippen molar-refractivity contribution >= 4 is 5.91 Å². The van der Waals surface area contributed by atoms with Gasteiger partial charge in [-0.1, -0.05) is 0 Å². The summed E-state index contributed by atoms with van der Waals surface area (Å²) in [6.45, 7) is 4.14. The number of methoxy groups -OCH3 is 1. The van der Waals surface area contributed by atoms with E-state index in [2.05, 4.69) is 15.0 Å². The van der Waals surface area contributed by atoms with Crippen molar-refractivity contribution in [2.24, 2.45) is 0 Å². The van der Waals surface area contributed by atoms with E-state index in [1.807, 2.05) is 12.1 Å². The molecule has 1 fully saturated rings. The average molecular weight is 394 g/mol. The first kappa shape index (κ1) is 18.9. The first-order valence-electron chi connectivity index (χ1n) is 9.44. The fraction of sp³-hybridized carbons (Fsp3) is 0.333. The van der Waals surface area contributed by atoms with Crippen LogP contribution >= 0.6 is 0 Å². The van der Waals surface area contributed by atoms with Crippen LogP contribution in [0.1, 0.15) is 46.7 Å². The fourth-order valence-electron chi connectivity index (χ4n) is 3.51. The van der Waals surface area contributed by atoms with Gasteiger partial charge in [0, 0.05) is 13.5 Å². The van der Waals surface area contributed by atoms with E-state index in [9.17, 15) is 4.79 Å². The van der Waals surface area contributed by atoms with Crippen LogP contribution in [0.2, 0.25) is 0 Å². The number of rotatable bonds is 5. The number of carbonyl (C=O) groups is 1. The Bertz CT molecular complexity index is 1020. The predicted molar refractivity (Wildman–Crippen MR) is 104 cm³/mol. The van der Waals surface area contributed by atoms with Crippen LogP contribution in [0.15, 0.2) is 41.1 Å². The SMILES string of the molecule is COc1ccc(Oc2cncc([C@@H]3CCCN3C(=O)c3oc(C)nc3C)n2)cc1. The average Bonchev–Trinajstić information content (AvgIpc) is 3.34. The maximum absolute atomic E-state index is 13.0. The summed E-state index contributed by atoms with van der Waals surface area (Å²) >= 11 is 0. The molecular weight excluding hydrogens is 372 g/mol. The number of hydrogen-bond donors (Lipinski definition) is 0. The molecule has 0 bridgehead atoms. The first-order valence-corrected chi connectivity index (χ1v) is 9.44. The van der Waals surface area contributed by atoms with Gasteiger partial charge in [-0.3, -0.25) is 9.78 Å². The zero-order chi connectivity index (χ0) is 20.4. The summed E-state index contributed by atoms with van der Waals surface area (Å²) in [5.74, 6) is 2.34. The van der Waals surface area contributed by atoms with E-state index in [1.54, 1.807) is 50.4 Å². The Morgan fingerprint density at radius 1 is 1.14 bits per heavy atom. The zero-order valence-electron chi connectivity index (χ0n) is 16.6. The van der Waals surface area contributed by atoms with Crippen LogP contribution in [0, 0.1) is 13.8 Å². The second-order valence-electron chi connectivity index (χ2n) is 6.86. The minimum atomic E-state index is -0.181. The third-order valence-corrected chi connectivity index (χ3v) is 4.87. The van der Waals surface area contributed by atoms with Crippen LogP contribution in [0.25, 0.3) is 0 Å². The molecule has 1 aliphatic rings. The van der Waals surface area contributed by atoms with Gasteiger partial charge >= 0.3 is 0 Å². The second-order valence-corrected chi connectivity index (χ2v) is 6.86. The Hall–Kier alpha value is -3.42. The number of hydrogen-bond acceptors (Lipinski definition) is 7. The van der Waals surface area contributed by atoms with Gasteiger partial charge in [-0.25, -0.2) is 9.97 Å². The Labute approximate surface area is 168 Å². The van der Waals surface area contributed by atoms with Crippen molar-refractivity contribution in [2.45, 2.75) is 32.7 Å². The number of carbonyl (C=O) groups excluding carboxylic acids is 1. The van der Waals surface area contributed by atoms with E-state index >= 15 is 0 Å². The molecule has 4 rings (SSSR count). The molecular formula is C21H22N4O4. The highest BCUT2D eigenvalue weighted by atomic mass is 16.5. The zero-order valence-corrected chi connectivity index (χ0v) is 16.6. The van der Waals surface area contributed by atoms with Gasteiger partial charge in [0.15, 0.2) is 5.89 Å². The lowest BCUT2D eigenvalue weighted by atomic mass is 10.1. The summed E-state index contributed by atoms with van der Waals surface area (Å²) in [4.78, 5) is 27.8. The fourth-order valence-corrected chi connectivity index (χ4v) is 3.51. The monoisotopic (exact) mass is 394 g/mol. The van der Waals surface area contributed by atoms with Gasteiger partial charge in [-0.2, -0.15) is 0 Å². The maximum atomic E-state index is 13.0. The molecule has 8 nitrogen and oxygen atoms in total. The molecule has 0 N–H and O–H groups in total. The Balaban J connectivity index is 1.54. The number of nitrogens with zero attached hydrogens (tertiary/aromatic N) is 4. The molecule has 3 heterocycles. The van der Waals surface area contributed by atoms with Gasteiger partial charge < -0.3 is 18.8 Å². The summed E-state index contributed by atoms with van der Waals surface area (Å²) in [5.41, 5.74) is 1.29. The number of ether oxygens (including phenoxy) is 2. The molecule has 1 aromatic carbocycles. The maximum Gasteiger partial charge on any atom is 0.292 e. The molecule has 0 spiro atoms. The minimum absolute atomic E-state index is 0.172. The van der Waals surface area contributed by atoms with Crippen LogP contribution < -0.4 is 9.47 Å². The van der Waals surface area contributed by atoms with Crippen LogP contribution in [0.3, 0.4) is 0 Å². The van der Waals surface area contributed by atoms with Gasteiger partial charge in [0.05, 0.1) is 36.9 Å². The third-order valence-electron chi connectivity index (χ3n) is 4.87. The minimum Gasteiger partial charge on any atom is -0.497 e. The number of benzene rings is 1. The largest absolute Gasteiger partial charge is 0.497 e. The summed E-state index contributed by atoms with van der Waals surface area (Å²) in [7, 11) is 1.61. The topological polar surface area (TPSA) is 90.6 Å². The number of aryl methyl sites for hydroxylation is 2. The van der Waals surface area contributed by atoms with E-state index in [4.69, 9.17) is 13.9 Å². The van der Waals surface area contributed by atoms with Crippen LogP contribution in [0.5, 0.6) is 17.4 Å². The van der Waals surface area contributed by atoms with Crippen LogP contribution in [0.4, 0.5) is 0 Å². The number of oxazole rings is 1. The molecule has 0 saturated carbocycles. The van der Waals surface area contributed by atoms with Gasteiger partial charge in [-0.15, -0.1) is 0 Å². The molecule has 0 radical (unpaired) electrons. The Kier molecular flexibility index (Phi) is 5.16. The lowest BCUT2D eigenvalue weighted by molar-refractivity contribution is 0.0697. The standard InChI is InChI=1S/C21H22N4O4/c1-13-20(28-14(2)23-13)21(26)25-10-4-5-18(25)17-11-22-12-19(24-17)29-16-8-6-15(27-3)7-9-16/h6-9,11-12,18H,4-5,10H2,1-3H3/t18-/m0/s1. The Morgan fingerprint density at radius 3 is 2.59 bits per heavy atom. The van der Waals surface area contributed by atoms with E-state index in [-0.39, 0.29) is 17.7 Å². The number of aromatic nitrogens is 3. The third kappa shape index (κ3) is 3.91. The van der Waals surface area contributed by atoms with Crippen molar-refractivity contribution in [2.75, 3.05) is 13.7 Å². The van der Waals surface area contributed by atoms with Crippen LogP contribution in [-0.4, -0.2) is 39.4 Å². The molecule has 8 heteroatoms. The van der Waals surface area contributed by atoms with Crippen molar-refractivity contribution in [3.63, 3.8) is 0 Å². The van der Waals surface area contributed by atoms with E-state index < -0.39 is 0 Å². The van der Waals surface area contributed by atoms with Gasteiger partial charge in [-0.05, 0) is 44.0 Å². The Morgan fingerprint density at radius 2 is 1.90 bits per heavy atom. The van der Waals surface area contributed by atoms with Gasteiger partial charge in [0.2, 0.25) is 11.6 Å². The van der Waals surface area contributed by atoms with E-state index in [0.29, 0.717) is 35.5 Å². The summed E-state index contributed by atoms with van der Waals surface area (Å²) < 4.78 is 16.5. The summed E-state index contributed by atoms with van der Waals surface area (Å²) in [5, 5.41) is 0. The smallest absolute Gasteiger partial charge is 0.292 e. The van der Waals surface area contributed by atoms with Gasteiger partial charge in [0.25, 0.3) is 5.91 Å². The number of likely N-dealkylation sites (tertiary alicyclic amines) is 1. The summed E-state index contributed by atoms with van der Waals surface area (Å²) in [6, 6.07) is 7.04. The first-order chi connectivity index (χ1) is 14.0. The molecule has 1 aliphatic heterocycles. The highest BCUT2D eigenvalue weighted by molar-refractivity contribution is 5.93. The second kappa shape index (κ2) is 7.90. The molecule has 3 aromatic rings. The molecule has 29 heavy (non-hydrogen) atoms. The molecule has 150 valence electrons. The van der Waals surface area contributed by atoms with Crippen molar-refractivity contribution in [3.8, 4) is 17.4 Å². The molecule has 2 aromatic heterocycles. The predicted octanol–water partition coefficient (Wildman–Crippen LogP) is 3.86. The molecule has 1 amide bonds.